The van der Waals surface area contributed by atoms with Gasteiger partial charge in [-0.1, -0.05) is 35.1 Å². The third kappa shape index (κ3) is 9.97. The maximum absolute atomic E-state index is 12.8. The fourth-order valence-corrected chi connectivity index (χ4v) is 5.74. The van der Waals surface area contributed by atoms with E-state index in [-0.39, 0.29) is 17.8 Å². The normalized spacial score (nSPS) is 14.1. The number of carbonyl (C=O) groups is 2. The van der Waals surface area contributed by atoms with Crippen molar-refractivity contribution in [3.8, 4) is 0 Å². The number of esters is 1. The highest BCUT2D eigenvalue weighted by atomic mass is 35.5. The van der Waals surface area contributed by atoms with E-state index in [0.29, 0.717) is 64.9 Å². The van der Waals surface area contributed by atoms with Crippen LogP contribution in [0.2, 0.25) is 5.02 Å². The van der Waals surface area contributed by atoms with Gasteiger partial charge in [-0.2, -0.15) is 0 Å². The highest BCUT2D eigenvalue weighted by Gasteiger charge is 2.22. The number of ether oxygens (including phenoxy) is 1. The summed E-state index contributed by atoms with van der Waals surface area (Å²) in [6, 6.07) is 6.94. The summed E-state index contributed by atoms with van der Waals surface area (Å²) in [4.78, 5) is 47.7. The van der Waals surface area contributed by atoms with Gasteiger partial charge in [-0.3, -0.25) is 19.5 Å². The standard InChI is InChI=1S/C29H40ClN11O3S/c1-18-6-4-7-20(30)25(18)39-26(42)22-17-35-29(45-22)38-23-16-24(37-19(2)36-23)41-12-10-40(11-13-41)14-15-44-27(43)21(33-3)8-5-9-34-28(31)32/h4,6-7,16-17,21,33H,5,8-15H2,1-3H3,(H,39,42)(H4,31,32,34)(H,35,36,37,38)/t21-/m0/s1. The summed E-state index contributed by atoms with van der Waals surface area (Å²) < 4.78 is 5.53. The number of nitrogens with zero attached hydrogens (tertiary/aromatic N) is 6. The highest BCUT2D eigenvalue weighted by molar-refractivity contribution is 7.17. The zero-order chi connectivity index (χ0) is 32.3. The van der Waals surface area contributed by atoms with Gasteiger partial charge in [0.2, 0.25) is 0 Å². The molecule has 4 rings (SSSR count). The Hall–Kier alpha value is -4.05. The Balaban J connectivity index is 1.25. The SMILES string of the molecule is CN[C@@H](CCCN=C(N)N)C(=O)OCCN1CCN(c2cc(Nc3ncc(C(=O)Nc4c(C)cccc4Cl)s3)nc(C)n2)CC1. The number of amides is 1. The van der Waals surface area contributed by atoms with Crippen LogP contribution < -0.4 is 32.3 Å². The minimum atomic E-state index is -0.398. The van der Waals surface area contributed by atoms with Gasteiger partial charge in [-0.05, 0) is 45.4 Å². The Bertz CT molecular complexity index is 1470. The molecule has 1 fully saturated rings. The van der Waals surface area contributed by atoms with Gasteiger partial charge in [0.1, 0.15) is 35.0 Å². The number of guanidine groups is 1. The molecule has 3 heterocycles. The smallest absolute Gasteiger partial charge is 0.323 e. The molecule has 45 heavy (non-hydrogen) atoms. The fraction of sp³-hybridized carbons (Fsp3) is 0.448. The molecular weight excluding hydrogens is 618 g/mol. The number of hydrogen-bond donors (Lipinski definition) is 5. The lowest BCUT2D eigenvalue weighted by molar-refractivity contribution is -0.146. The molecule has 1 atom stereocenters. The summed E-state index contributed by atoms with van der Waals surface area (Å²) >= 11 is 7.48. The van der Waals surface area contributed by atoms with Gasteiger partial charge < -0.3 is 37.1 Å². The molecular formula is C29H40ClN11O3S. The van der Waals surface area contributed by atoms with E-state index in [9.17, 15) is 9.59 Å². The molecule has 0 unspecified atom stereocenters. The Morgan fingerprint density at radius 2 is 1.96 bits per heavy atom. The molecule has 0 bridgehead atoms. The number of aliphatic imine (C=N–C) groups is 1. The molecule has 1 saturated heterocycles. The van der Waals surface area contributed by atoms with Gasteiger partial charge in [-0.25, -0.2) is 15.0 Å². The quantitative estimate of drug-likeness (QED) is 0.0738. The monoisotopic (exact) mass is 657 g/mol. The van der Waals surface area contributed by atoms with Crippen LogP contribution >= 0.6 is 22.9 Å². The predicted molar refractivity (Wildman–Crippen MR) is 179 cm³/mol. The van der Waals surface area contributed by atoms with Crippen LogP contribution in [0.15, 0.2) is 35.5 Å². The van der Waals surface area contributed by atoms with Gasteiger partial charge in [0.25, 0.3) is 5.91 Å². The molecule has 0 saturated carbocycles. The first-order valence-corrected chi connectivity index (χ1v) is 15.8. The second kappa shape index (κ2) is 16.3. The van der Waals surface area contributed by atoms with Crippen LogP contribution in [0.4, 0.5) is 22.5 Å². The van der Waals surface area contributed by atoms with Gasteiger partial charge in [-0.15, -0.1) is 0 Å². The van der Waals surface area contributed by atoms with Crippen LogP contribution in [0.3, 0.4) is 0 Å². The molecule has 3 aromatic rings. The number of aryl methyl sites for hydroxylation is 2. The number of thiazole rings is 1. The topological polar surface area (TPSA) is 189 Å². The van der Waals surface area contributed by atoms with Crippen molar-refractivity contribution in [3.05, 3.63) is 51.7 Å². The van der Waals surface area contributed by atoms with E-state index in [1.807, 2.05) is 32.0 Å². The van der Waals surface area contributed by atoms with Crippen LogP contribution in [-0.4, -0.2) is 96.7 Å². The van der Waals surface area contributed by atoms with E-state index in [1.165, 1.54) is 17.5 Å². The molecule has 2 aromatic heterocycles. The summed E-state index contributed by atoms with van der Waals surface area (Å²) in [6.07, 6.45) is 2.78. The van der Waals surface area contributed by atoms with E-state index in [1.54, 1.807) is 13.1 Å². The van der Waals surface area contributed by atoms with Gasteiger partial charge >= 0.3 is 5.97 Å². The van der Waals surface area contributed by atoms with Crippen molar-refractivity contribution < 1.29 is 14.3 Å². The number of likely N-dealkylation sites (N-methyl/N-ethyl adjacent to an activating group) is 1. The van der Waals surface area contributed by atoms with E-state index < -0.39 is 6.04 Å². The summed E-state index contributed by atoms with van der Waals surface area (Å²) in [6.45, 7) is 8.28. The largest absolute Gasteiger partial charge is 0.463 e. The van der Waals surface area contributed by atoms with Gasteiger partial charge in [0.05, 0.1) is 16.9 Å². The number of aromatic nitrogens is 3. The number of hydrogen-bond acceptors (Lipinski definition) is 12. The number of rotatable bonds is 14. The Morgan fingerprint density at radius 3 is 2.67 bits per heavy atom. The molecule has 1 aliphatic rings. The van der Waals surface area contributed by atoms with Crippen LogP contribution in [-0.2, 0) is 9.53 Å². The first-order valence-electron chi connectivity index (χ1n) is 14.6. The first-order chi connectivity index (χ1) is 21.6. The summed E-state index contributed by atoms with van der Waals surface area (Å²) in [5.41, 5.74) is 12.1. The van der Waals surface area contributed by atoms with E-state index in [4.69, 9.17) is 27.8 Å². The van der Waals surface area contributed by atoms with Crippen molar-refractivity contribution in [2.75, 3.05) is 68.5 Å². The van der Waals surface area contributed by atoms with Crippen LogP contribution in [0.25, 0.3) is 0 Å². The lowest BCUT2D eigenvalue weighted by atomic mass is 10.1. The zero-order valence-corrected chi connectivity index (χ0v) is 27.2. The number of nitrogens with two attached hydrogens (primary N) is 2. The highest BCUT2D eigenvalue weighted by Crippen LogP contribution is 2.28. The third-order valence-electron chi connectivity index (χ3n) is 7.18. The zero-order valence-electron chi connectivity index (χ0n) is 25.7. The van der Waals surface area contributed by atoms with Crippen molar-refractivity contribution in [2.24, 2.45) is 16.5 Å². The number of para-hydroxylation sites is 1. The molecule has 1 aliphatic heterocycles. The Morgan fingerprint density at radius 1 is 1.18 bits per heavy atom. The van der Waals surface area contributed by atoms with Crippen molar-refractivity contribution in [1.82, 2.24) is 25.2 Å². The number of carbonyl (C=O) groups excluding carboxylic acids is 2. The molecule has 0 spiro atoms. The average molecular weight is 658 g/mol. The van der Waals surface area contributed by atoms with Crippen LogP contribution in [0, 0.1) is 13.8 Å². The maximum Gasteiger partial charge on any atom is 0.323 e. The van der Waals surface area contributed by atoms with Crippen LogP contribution in [0.5, 0.6) is 0 Å². The van der Waals surface area contributed by atoms with Gasteiger partial charge in [0, 0.05) is 45.3 Å². The Labute approximate surface area is 271 Å². The predicted octanol–water partition coefficient (Wildman–Crippen LogP) is 2.51. The molecule has 7 N–H and O–H groups in total. The Kier molecular flexibility index (Phi) is 12.3. The van der Waals surface area contributed by atoms with Crippen LogP contribution in [0.1, 0.15) is 33.9 Å². The third-order valence-corrected chi connectivity index (χ3v) is 8.40. The van der Waals surface area contributed by atoms with Crippen molar-refractivity contribution >= 4 is 63.2 Å². The second-order valence-electron chi connectivity index (χ2n) is 10.5. The molecule has 14 nitrogen and oxygen atoms in total. The second-order valence-corrected chi connectivity index (χ2v) is 11.9. The van der Waals surface area contributed by atoms with Gasteiger partial charge in [0.15, 0.2) is 11.1 Å². The summed E-state index contributed by atoms with van der Waals surface area (Å²) in [7, 11) is 1.73. The number of benzene rings is 1. The number of piperazine rings is 1. The van der Waals surface area contributed by atoms with Crippen molar-refractivity contribution in [1.29, 1.82) is 0 Å². The maximum atomic E-state index is 12.8. The average Bonchev–Trinajstić information content (AvgIpc) is 3.47. The fourth-order valence-electron chi connectivity index (χ4n) is 4.75. The molecule has 16 heteroatoms. The molecule has 0 radical (unpaired) electrons. The molecule has 1 aromatic carbocycles. The van der Waals surface area contributed by atoms with Crippen molar-refractivity contribution in [2.45, 2.75) is 32.7 Å². The summed E-state index contributed by atoms with van der Waals surface area (Å²) in [5.74, 6) is 1.49. The molecule has 0 aliphatic carbocycles. The number of nitrogens with one attached hydrogen (secondary N) is 3. The van der Waals surface area contributed by atoms with E-state index >= 15 is 0 Å². The molecule has 1 amide bonds. The lowest BCUT2D eigenvalue weighted by Crippen LogP contribution is -2.48. The first kappa shape index (κ1) is 33.8. The van der Waals surface area contributed by atoms with Crippen molar-refractivity contribution in [3.63, 3.8) is 0 Å². The number of halogens is 1. The lowest BCUT2D eigenvalue weighted by Gasteiger charge is -2.35. The van der Waals surface area contributed by atoms with E-state index in [2.05, 4.69) is 45.7 Å². The van der Waals surface area contributed by atoms with E-state index in [0.717, 1.165) is 37.6 Å². The minimum Gasteiger partial charge on any atom is -0.463 e. The summed E-state index contributed by atoms with van der Waals surface area (Å²) in [5, 5.41) is 10.1. The molecule has 242 valence electrons. The number of anilines is 4. The minimum absolute atomic E-state index is 0.0449.